The van der Waals surface area contributed by atoms with Gasteiger partial charge in [-0.1, -0.05) is 84.9 Å². The van der Waals surface area contributed by atoms with Crippen LogP contribution in [0.15, 0.2) is 109 Å². The molecule has 0 radical (unpaired) electrons. The Morgan fingerprint density at radius 3 is 2.05 bits per heavy atom. The van der Waals surface area contributed by atoms with Gasteiger partial charge in [0.15, 0.2) is 0 Å². The molecule has 192 valence electrons. The van der Waals surface area contributed by atoms with Gasteiger partial charge in [0, 0.05) is 35.8 Å². The van der Waals surface area contributed by atoms with Gasteiger partial charge in [0.1, 0.15) is 0 Å². The second kappa shape index (κ2) is 11.3. The fourth-order valence-electron chi connectivity index (χ4n) is 5.61. The zero-order valence-corrected chi connectivity index (χ0v) is 21.7. The highest BCUT2D eigenvalue weighted by atomic mass is 16.1. The van der Waals surface area contributed by atoms with Gasteiger partial charge in [-0.05, 0) is 78.9 Å². The van der Waals surface area contributed by atoms with Crippen molar-refractivity contribution < 1.29 is 4.79 Å². The van der Waals surface area contributed by atoms with E-state index in [0.29, 0.717) is 23.6 Å². The normalized spacial score (nSPS) is 19.7. The van der Waals surface area contributed by atoms with Crippen molar-refractivity contribution in [3.05, 3.63) is 126 Å². The third kappa shape index (κ3) is 6.04. The van der Waals surface area contributed by atoms with Crippen molar-refractivity contribution in [2.75, 3.05) is 18.4 Å². The van der Waals surface area contributed by atoms with Crippen molar-refractivity contribution >= 4 is 11.6 Å². The number of hydrogen-bond acceptors (Lipinski definition) is 3. The summed E-state index contributed by atoms with van der Waals surface area (Å²) < 4.78 is 0. The maximum atomic E-state index is 12.8. The number of rotatable bonds is 8. The number of anilines is 1. The van der Waals surface area contributed by atoms with E-state index in [1.54, 1.807) is 0 Å². The fourth-order valence-corrected chi connectivity index (χ4v) is 5.61. The van der Waals surface area contributed by atoms with Gasteiger partial charge < -0.3 is 10.6 Å². The Morgan fingerprint density at radius 1 is 0.737 bits per heavy atom. The lowest BCUT2D eigenvalue weighted by molar-refractivity contribution is 0.102. The predicted octanol–water partition coefficient (Wildman–Crippen LogP) is 6.72. The molecule has 1 saturated heterocycles. The maximum absolute atomic E-state index is 12.8. The van der Waals surface area contributed by atoms with Crippen LogP contribution in [-0.2, 0) is 6.54 Å². The summed E-state index contributed by atoms with van der Waals surface area (Å²) in [7, 11) is 0. The molecule has 0 unspecified atom stereocenters. The highest BCUT2D eigenvalue weighted by Crippen LogP contribution is 2.41. The van der Waals surface area contributed by atoms with E-state index in [2.05, 4.69) is 70.1 Å². The SMILES string of the molecule is O=C(Nc1ccc([C@@H]2C[C@H]2NC2CCN(Cc3ccccc3)CC2)cc1)c1ccc(-c2ccccc2)cc1. The largest absolute Gasteiger partial charge is 0.322 e. The van der Waals surface area contributed by atoms with E-state index in [0.717, 1.165) is 36.4 Å². The first-order chi connectivity index (χ1) is 18.7. The molecule has 0 bridgehead atoms. The van der Waals surface area contributed by atoms with Gasteiger partial charge in [-0.15, -0.1) is 0 Å². The molecule has 1 saturated carbocycles. The molecular formula is C34H35N3O. The predicted molar refractivity (Wildman–Crippen MR) is 155 cm³/mol. The zero-order valence-electron chi connectivity index (χ0n) is 21.7. The van der Waals surface area contributed by atoms with Gasteiger partial charge in [-0.2, -0.15) is 0 Å². The number of likely N-dealkylation sites (tertiary alicyclic amines) is 1. The van der Waals surface area contributed by atoms with Crippen LogP contribution < -0.4 is 10.6 Å². The highest BCUT2D eigenvalue weighted by molar-refractivity contribution is 6.04. The lowest BCUT2D eigenvalue weighted by atomic mass is 10.0. The zero-order chi connectivity index (χ0) is 25.7. The Hall–Kier alpha value is -3.73. The molecule has 4 nitrogen and oxygen atoms in total. The minimum atomic E-state index is -0.0815. The third-order valence-electron chi connectivity index (χ3n) is 7.93. The molecule has 1 amide bonds. The minimum Gasteiger partial charge on any atom is -0.322 e. The molecule has 0 spiro atoms. The van der Waals surface area contributed by atoms with Crippen molar-refractivity contribution in [1.82, 2.24) is 10.2 Å². The van der Waals surface area contributed by atoms with Crippen molar-refractivity contribution in [3.8, 4) is 11.1 Å². The van der Waals surface area contributed by atoms with Gasteiger partial charge in [-0.25, -0.2) is 0 Å². The average Bonchev–Trinajstić information content (AvgIpc) is 3.74. The van der Waals surface area contributed by atoms with Crippen LogP contribution in [0.1, 0.15) is 46.7 Å². The van der Waals surface area contributed by atoms with Crippen LogP contribution in [0.2, 0.25) is 0 Å². The summed E-state index contributed by atoms with van der Waals surface area (Å²) in [6.07, 6.45) is 3.63. The molecule has 0 aromatic heterocycles. The summed E-state index contributed by atoms with van der Waals surface area (Å²) in [4.78, 5) is 15.3. The van der Waals surface area contributed by atoms with Crippen LogP contribution in [0.5, 0.6) is 0 Å². The number of piperidine rings is 1. The number of amides is 1. The first-order valence-corrected chi connectivity index (χ1v) is 13.8. The second-order valence-electron chi connectivity index (χ2n) is 10.7. The lowest BCUT2D eigenvalue weighted by Gasteiger charge is -2.32. The Balaban J connectivity index is 0.961. The van der Waals surface area contributed by atoms with Gasteiger partial charge in [0.25, 0.3) is 5.91 Å². The number of nitrogens with zero attached hydrogens (tertiary/aromatic N) is 1. The average molecular weight is 502 g/mol. The number of hydrogen-bond donors (Lipinski definition) is 2. The first-order valence-electron chi connectivity index (χ1n) is 13.8. The lowest BCUT2D eigenvalue weighted by Crippen LogP contribution is -2.43. The van der Waals surface area contributed by atoms with E-state index in [4.69, 9.17) is 0 Å². The topological polar surface area (TPSA) is 44.4 Å². The standard InChI is InChI=1S/C34H35N3O/c38-34(29-13-11-27(12-14-29)26-9-5-2-6-10-26)36-30-17-15-28(16-18-30)32-23-33(32)35-31-19-21-37(22-20-31)24-25-7-3-1-4-8-25/h1-18,31-33,35H,19-24H2,(H,36,38)/t32-,33+/m0/s1. The van der Waals surface area contributed by atoms with Gasteiger partial charge in [0.05, 0.1) is 0 Å². The fraction of sp³-hybridized carbons (Fsp3) is 0.265. The number of carbonyl (C=O) groups excluding carboxylic acids is 1. The molecule has 1 heterocycles. The molecule has 2 atom stereocenters. The molecule has 2 N–H and O–H groups in total. The first kappa shape index (κ1) is 24.6. The molecule has 6 rings (SSSR count). The van der Waals surface area contributed by atoms with Crippen LogP contribution in [0.4, 0.5) is 5.69 Å². The van der Waals surface area contributed by atoms with Crippen LogP contribution >= 0.6 is 0 Å². The molecule has 4 aromatic rings. The summed E-state index contributed by atoms with van der Waals surface area (Å²) in [5.74, 6) is 0.495. The van der Waals surface area contributed by atoms with Gasteiger partial charge in [0.2, 0.25) is 0 Å². The smallest absolute Gasteiger partial charge is 0.255 e. The molecule has 2 aliphatic rings. The van der Waals surface area contributed by atoms with E-state index in [9.17, 15) is 4.79 Å². The van der Waals surface area contributed by atoms with Crippen LogP contribution in [-0.4, -0.2) is 36.0 Å². The van der Waals surface area contributed by atoms with E-state index >= 15 is 0 Å². The Morgan fingerprint density at radius 2 is 1.37 bits per heavy atom. The maximum Gasteiger partial charge on any atom is 0.255 e. The summed E-state index contributed by atoms with van der Waals surface area (Å²) >= 11 is 0. The number of benzene rings is 4. The van der Waals surface area contributed by atoms with Gasteiger partial charge in [-0.3, -0.25) is 9.69 Å². The molecule has 1 aliphatic heterocycles. The molecule has 4 heteroatoms. The number of nitrogens with one attached hydrogen (secondary N) is 2. The summed E-state index contributed by atoms with van der Waals surface area (Å²) in [6, 6.07) is 38.4. The molecule has 2 fully saturated rings. The van der Waals surface area contributed by atoms with Crippen molar-refractivity contribution in [2.24, 2.45) is 0 Å². The Bertz CT molecular complexity index is 1330. The van der Waals surface area contributed by atoms with Crippen molar-refractivity contribution in [2.45, 2.75) is 43.8 Å². The monoisotopic (exact) mass is 501 g/mol. The van der Waals surface area contributed by atoms with Crippen LogP contribution in [0.25, 0.3) is 11.1 Å². The van der Waals surface area contributed by atoms with Crippen molar-refractivity contribution in [1.29, 1.82) is 0 Å². The molecule has 38 heavy (non-hydrogen) atoms. The van der Waals surface area contributed by atoms with Crippen LogP contribution in [0.3, 0.4) is 0 Å². The van der Waals surface area contributed by atoms with Crippen molar-refractivity contribution in [3.63, 3.8) is 0 Å². The quantitative estimate of drug-likeness (QED) is 0.282. The molecular weight excluding hydrogens is 466 g/mol. The van der Waals surface area contributed by atoms with E-state index in [1.807, 2.05) is 54.6 Å². The Kier molecular flexibility index (Phi) is 7.34. The highest BCUT2D eigenvalue weighted by Gasteiger charge is 2.39. The van der Waals surface area contributed by atoms with E-state index < -0.39 is 0 Å². The number of carbonyl (C=O) groups is 1. The summed E-state index contributed by atoms with van der Waals surface area (Å²) in [5.41, 5.74) is 6.51. The van der Waals surface area contributed by atoms with E-state index in [-0.39, 0.29) is 5.91 Å². The second-order valence-corrected chi connectivity index (χ2v) is 10.7. The summed E-state index contributed by atoms with van der Waals surface area (Å²) in [5, 5.41) is 6.96. The molecule has 4 aromatic carbocycles. The Labute approximate surface area is 225 Å². The summed E-state index contributed by atoms with van der Waals surface area (Å²) in [6.45, 7) is 3.38. The third-order valence-corrected chi connectivity index (χ3v) is 7.93. The van der Waals surface area contributed by atoms with Crippen LogP contribution in [0, 0.1) is 0 Å². The van der Waals surface area contributed by atoms with E-state index in [1.165, 1.54) is 30.4 Å². The molecule has 1 aliphatic carbocycles. The van der Waals surface area contributed by atoms with Gasteiger partial charge >= 0.3 is 0 Å². The minimum absolute atomic E-state index is 0.0815.